The maximum atomic E-state index is 4.81. The van der Waals surface area contributed by atoms with Crippen molar-refractivity contribution < 1.29 is 0 Å². The van der Waals surface area contributed by atoms with Gasteiger partial charge in [0.25, 0.3) is 0 Å². The Morgan fingerprint density at radius 2 is 2.62 bits per heavy atom. The molecule has 42 valence electrons. The monoisotopic (exact) mass is 143 g/mol. The van der Waals surface area contributed by atoms with E-state index in [0.29, 0.717) is 4.32 Å². The molecule has 0 saturated carbocycles. The van der Waals surface area contributed by atoms with E-state index in [1.807, 2.05) is 17.7 Å². The van der Waals surface area contributed by atoms with Gasteiger partial charge in [0.05, 0.1) is 0 Å². The number of rotatable bonds is 0. The van der Waals surface area contributed by atoms with E-state index < -0.39 is 0 Å². The minimum absolute atomic E-state index is 0.707. The van der Waals surface area contributed by atoms with Crippen molar-refractivity contribution in [1.82, 2.24) is 0 Å². The average Bonchev–Trinajstić information content (AvgIpc) is 1.94. The van der Waals surface area contributed by atoms with E-state index in [-0.39, 0.29) is 0 Å². The molecule has 8 heavy (non-hydrogen) atoms. The maximum Gasteiger partial charge on any atom is 0.163 e. The summed E-state index contributed by atoms with van der Waals surface area (Å²) in [6.07, 6.45) is 4.76. The van der Waals surface area contributed by atoms with E-state index in [1.54, 1.807) is 0 Å². The van der Waals surface area contributed by atoms with Crippen LogP contribution < -0.4 is 0 Å². The molecule has 1 aliphatic heterocycles. The van der Waals surface area contributed by atoms with Crippen LogP contribution >= 0.6 is 24.0 Å². The second-order valence-corrected chi connectivity index (χ2v) is 2.84. The van der Waals surface area contributed by atoms with Crippen LogP contribution in [0, 0.1) is 0 Å². The first kappa shape index (κ1) is 5.98. The lowest BCUT2D eigenvalue weighted by Gasteiger charge is -1.82. The molecule has 0 aromatic carbocycles. The zero-order valence-electron chi connectivity index (χ0n) is 4.20. The van der Waals surface area contributed by atoms with Crippen molar-refractivity contribution in [1.29, 1.82) is 0 Å². The van der Waals surface area contributed by atoms with Crippen LogP contribution in [-0.2, 0) is 0 Å². The lowest BCUT2D eigenvalue weighted by atomic mass is 10.5. The third-order valence-electron chi connectivity index (χ3n) is 0.703. The number of hydrogen-bond acceptors (Lipinski definition) is 2. The van der Waals surface area contributed by atoms with Gasteiger partial charge in [-0.1, -0.05) is 30.1 Å². The van der Waals surface area contributed by atoms with E-state index in [1.165, 1.54) is 11.8 Å². The van der Waals surface area contributed by atoms with E-state index in [0.717, 1.165) is 6.42 Å². The summed E-state index contributed by atoms with van der Waals surface area (Å²) in [6.45, 7) is 0. The lowest BCUT2D eigenvalue weighted by molar-refractivity contribution is 1.54. The van der Waals surface area contributed by atoms with Crippen LogP contribution in [0.2, 0.25) is 0 Å². The Labute approximate surface area is 57.9 Å². The normalized spacial score (nSPS) is 18.8. The van der Waals surface area contributed by atoms with Crippen LogP contribution in [0.3, 0.4) is 0 Å². The van der Waals surface area contributed by atoms with Gasteiger partial charge in [0.2, 0.25) is 0 Å². The van der Waals surface area contributed by atoms with Crippen LogP contribution in [0.25, 0.3) is 0 Å². The van der Waals surface area contributed by atoms with Gasteiger partial charge in [-0.2, -0.15) is 0 Å². The van der Waals surface area contributed by atoms with Crippen molar-refractivity contribution in [2.24, 2.45) is 4.99 Å². The molecule has 0 N–H and O–H groups in total. The first-order valence-electron chi connectivity index (χ1n) is 2.28. The highest BCUT2D eigenvalue weighted by atomic mass is 32.2. The van der Waals surface area contributed by atoms with Crippen LogP contribution in [-0.4, -0.2) is 10.5 Å². The third-order valence-corrected chi connectivity index (χ3v) is 1.73. The number of thioether (sulfide) groups is 1. The van der Waals surface area contributed by atoms with Gasteiger partial charge in [-0.3, -0.25) is 0 Å². The molecule has 3 heteroatoms. The van der Waals surface area contributed by atoms with Gasteiger partial charge >= 0.3 is 0 Å². The van der Waals surface area contributed by atoms with Gasteiger partial charge in [0.15, 0.2) is 4.32 Å². The minimum atomic E-state index is 0.707. The molecule has 0 atom stereocenters. The average molecular weight is 143 g/mol. The highest BCUT2D eigenvalue weighted by Gasteiger charge is 1.90. The van der Waals surface area contributed by atoms with Crippen LogP contribution in [0.15, 0.2) is 16.5 Å². The largest absolute Gasteiger partial charge is 0.242 e. The molecule has 0 spiro atoms. The summed E-state index contributed by atoms with van der Waals surface area (Å²) < 4.78 is 0.707. The van der Waals surface area contributed by atoms with Crippen LogP contribution in [0.4, 0.5) is 0 Å². The summed E-state index contributed by atoms with van der Waals surface area (Å²) in [5.41, 5.74) is 0. The summed E-state index contributed by atoms with van der Waals surface area (Å²) in [6, 6.07) is 0. The molecule has 0 radical (unpaired) electrons. The zero-order chi connectivity index (χ0) is 5.82. The second kappa shape index (κ2) is 2.99. The number of nitrogens with zero attached hydrogens (tertiary/aromatic N) is 1. The lowest BCUT2D eigenvalue weighted by Crippen LogP contribution is -1.75. The maximum absolute atomic E-state index is 4.81. The summed E-state index contributed by atoms with van der Waals surface area (Å²) in [7, 11) is 0. The highest BCUT2D eigenvalue weighted by Crippen LogP contribution is 2.09. The first-order chi connectivity index (χ1) is 3.89. The summed E-state index contributed by atoms with van der Waals surface area (Å²) in [5.74, 6) is 0. The van der Waals surface area contributed by atoms with E-state index >= 15 is 0 Å². The van der Waals surface area contributed by atoms with Gasteiger partial charge in [-0.15, -0.1) is 0 Å². The molecular formula is C5H5NS2. The summed E-state index contributed by atoms with van der Waals surface area (Å²) in [4.78, 5) is 3.93. The minimum Gasteiger partial charge on any atom is -0.242 e. The smallest absolute Gasteiger partial charge is 0.163 e. The molecule has 0 unspecified atom stereocenters. The molecule has 0 aliphatic carbocycles. The molecular weight excluding hydrogens is 138 g/mol. The standard InChI is InChI=1S/C5H5NS2/c7-5-6-3-1-2-4-8-5/h2-4H,1H2. The quantitative estimate of drug-likeness (QED) is 0.481. The van der Waals surface area contributed by atoms with E-state index in [9.17, 15) is 0 Å². The second-order valence-electron chi connectivity index (χ2n) is 1.30. The van der Waals surface area contributed by atoms with E-state index in [4.69, 9.17) is 12.2 Å². The number of aliphatic imine (C=N–C) groups is 1. The Bertz CT molecular complexity index is 149. The first-order valence-corrected chi connectivity index (χ1v) is 3.56. The van der Waals surface area contributed by atoms with Gasteiger partial charge in [-0.05, 0) is 5.41 Å². The Hall–Kier alpha value is -0.150. The topological polar surface area (TPSA) is 12.4 Å². The Morgan fingerprint density at radius 1 is 1.75 bits per heavy atom. The van der Waals surface area contributed by atoms with Crippen LogP contribution in [0.1, 0.15) is 6.42 Å². The van der Waals surface area contributed by atoms with Crippen molar-refractivity contribution in [3.8, 4) is 0 Å². The Kier molecular flexibility index (Phi) is 2.24. The molecule has 0 aromatic rings. The summed E-state index contributed by atoms with van der Waals surface area (Å²) >= 11 is 6.30. The molecule has 0 bridgehead atoms. The molecule has 0 fully saturated rings. The third kappa shape index (κ3) is 1.76. The predicted molar refractivity (Wildman–Crippen MR) is 42.4 cm³/mol. The van der Waals surface area contributed by atoms with Gasteiger partial charge in [0.1, 0.15) is 0 Å². The summed E-state index contributed by atoms with van der Waals surface area (Å²) in [5, 5.41) is 1.97. The van der Waals surface area contributed by atoms with Gasteiger partial charge in [-0.25, -0.2) is 4.99 Å². The van der Waals surface area contributed by atoms with Gasteiger partial charge in [0, 0.05) is 12.6 Å². The Balaban J connectivity index is 2.61. The van der Waals surface area contributed by atoms with Crippen molar-refractivity contribution in [3.05, 3.63) is 11.5 Å². The predicted octanol–water partition coefficient (Wildman–Crippen LogP) is 1.99. The highest BCUT2D eigenvalue weighted by molar-refractivity contribution is 8.24. The zero-order valence-corrected chi connectivity index (χ0v) is 5.84. The molecule has 0 aromatic heterocycles. The molecule has 0 saturated heterocycles. The fraction of sp³-hybridized carbons (Fsp3) is 0.200. The number of hydrogen-bond donors (Lipinski definition) is 0. The van der Waals surface area contributed by atoms with Crippen molar-refractivity contribution >= 4 is 34.5 Å². The molecule has 1 heterocycles. The van der Waals surface area contributed by atoms with Crippen LogP contribution in [0.5, 0.6) is 0 Å². The number of allylic oxidation sites excluding steroid dienone is 1. The Morgan fingerprint density at radius 3 is 3.50 bits per heavy atom. The number of thiocarbonyl (C=S) groups is 1. The van der Waals surface area contributed by atoms with Crippen molar-refractivity contribution in [2.45, 2.75) is 6.42 Å². The molecule has 1 nitrogen and oxygen atoms in total. The molecule has 1 rings (SSSR count). The van der Waals surface area contributed by atoms with Crippen molar-refractivity contribution in [2.75, 3.05) is 0 Å². The SMILES string of the molecule is S=C1N=CCC=CS1. The molecule has 1 aliphatic rings. The fourth-order valence-corrected chi connectivity index (χ4v) is 1.08. The molecule has 0 amide bonds. The van der Waals surface area contributed by atoms with Crippen molar-refractivity contribution in [3.63, 3.8) is 0 Å². The van der Waals surface area contributed by atoms with Gasteiger partial charge < -0.3 is 0 Å². The van der Waals surface area contributed by atoms with E-state index in [2.05, 4.69) is 4.99 Å². The fourth-order valence-electron chi connectivity index (χ4n) is 0.380.